The summed E-state index contributed by atoms with van der Waals surface area (Å²) >= 11 is 7.82. The molecular weight excluding hydrogens is 872 g/mol. The molecule has 2 aliphatic carbocycles. The molecule has 3 aliphatic heterocycles. The maximum Gasteiger partial charge on any atom is 0.410 e. The van der Waals surface area contributed by atoms with Crippen molar-refractivity contribution < 1.29 is 53.0 Å². The zero-order valence-corrected chi connectivity index (χ0v) is 38.6. The highest BCUT2D eigenvalue weighted by Crippen LogP contribution is 2.62. The quantitative estimate of drug-likeness (QED) is 0.0345. The van der Waals surface area contributed by atoms with Gasteiger partial charge in [-0.15, -0.1) is 29.9 Å². The molecule has 65 heavy (non-hydrogen) atoms. The SMILES string of the molecule is C=CCO[C@@]12Oc3ccc(Oc4ccc(SC)cc4)cc3[C@H]3[C@H](CCCCO)[C@@H](CCCCO)C=C(C(=NOC4CCCCO4)C[C@@H]1N(Cc1ccc4c(c1)OCO4)C(=O)OCCCl)[C@H]32. The number of nitrogens with zero attached hydrogens (tertiary/aromatic N) is 2. The highest BCUT2D eigenvalue weighted by atomic mass is 35.5. The van der Waals surface area contributed by atoms with Gasteiger partial charge in [0.05, 0.1) is 30.7 Å². The summed E-state index contributed by atoms with van der Waals surface area (Å²) in [6.07, 6.45) is 12.3. The van der Waals surface area contributed by atoms with Gasteiger partial charge in [-0.3, -0.25) is 4.90 Å². The second kappa shape index (κ2) is 22.4. The first-order valence-corrected chi connectivity index (χ1v) is 24.7. The van der Waals surface area contributed by atoms with Crippen molar-refractivity contribution in [3.63, 3.8) is 0 Å². The second-order valence-electron chi connectivity index (χ2n) is 17.1. The molecule has 3 aromatic rings. The molecule has 2 N–H and O–H groups in total. The lowest BCUT2D eigenvalue weighted by molar-refractivity contribution is -0.256. The minimum atomic E-state index is -1.50. The first kappa shape index (κ1) is 47.1. The first-order chi connectivity index (χ1) is 31.9. The number of benzene rings is 3. The largest absolute Gasteiger partial charge is 0.459 e. The van der Waals surface area contributed by atoms with Gasteiger partial charge in [-0.25, -0.2) is 4.79 Å². The van der Waals surface area contributed by atoms with Gasteiger partial charge in [0.15, 0.2) is 11.5 Å². The highest BCUT2D eigenvalue weighted by Gasteiger charge is 2.66. The molecule has 1 saturated carbocycles. The van der Waals surface area contributed by atoms with Gasteiger partial charge < -0.3 is 48.2 Å². The summed E-state index contributed by atoms with van der Waals surface area (Å²) in [7, 11) is 0. The number of hydrogen-bond acceptors (Lipinski definition) is 13. The molecule has 0 spiro atoms. The Morgan fingerprint density at radius 3 is 2.52 bits per heavy atom. The predicted octanol–water partition coefficient (Wildman–Crippen LogP) is 9.97. The number of ether oxygens (including phenoxy) is 7. The average molecular weight is 934 g/mol. The molecule has 15 heteroatoms. The minimum absolute atomic E-state index is 0.0134. The van der Waals surface area contributed by atoms with Gasteiger partial charge in [-0.05, 0) is 122 Å². The zero-order valence-electron chi connectivity index (χ0n) is 37.1. The summed E-state index contributed by atoms with van der Waals surface area (Å²) in [6, 6.07) is 18.7. The van der Waals surface area contributed by atoms with Crippen molar-refractivity contribution in [3.8, 4) is 28.7 Å². The lowest BCUT2D eigenvalue weighted by Crippen LogP contribution is -2.70. The topological polar surface area (TPSA) is 147 Å². The number of aliphatic hydroxyl groups excluding tert-OH is 2. The Morgan fingerprint density at radius 2 is 1.77 bits per heavy atom. The van der Waals surface area contributed by atoms with Crippen molar-refractivity contribution in [1.29, 1.82) is 0 Å². The standard InChI is InChI=1S/C50H61ClN2O11S/c1-3-24-61-50-45(53(49(56)58-26-21-51)31-33-13-19-43-44(27-33)60-32-59-43)30-41(52-64-46-12-6-9-25-57-46)39-28-34(10-4-7-22-54)38(11-5-8-23-55)47(48(39)50)40-29-36(16-20-42(40)63-50)62-35-14-17-37(65-2)18-15-35/h3,13-20,27-29,34,38,45-48,54-55H,1,4-12,21-26,30-32H2,2H3/t34-,38+,45-,46?,47+,48+,50+/m0/s1. The van der Waals surface area contributed by atoms with Crippen LogP contribution in [0.2, 0.25) is 0 Å². The van der Waals surface area contributed by atoms with Gasteiger partial charge in [-0.2, -0.15) is 0 Å². The van der Waals surface area contributed by atoms with Gasteiger partial charge in [0.25, 0.3) is 0 Å². The van der Waals surface area contributed by atoms with Crippen LogP contribution in [0.5, 0.6) is 28.7 Å². The smallest absolute Gasteiger partial charge is 0.410 e. The number of alkyl halides is 1. The maximum atomic E-state index is 14.7. The van der Waals surface area contributed by atoms with Crippen molar-refractivity contribution in [3.05, 3.63) is 96.1 Å². The molecule has 1 amide bonds. The van der Waals surface area contributed by atoms with Crippen LogP contribution >= 0.6 is 23.4 Å². The maximum absolute atomic E-state index is 14.7. The van der Waals surface area contributed by atoms with Gasteiger partial charge >= 0.3 is 6.09 Å². The number of hydrogen-bond donors (Lipinski definition) is 2. The van der Waals surface area contributed by atoms with E-state index in [0.29, 0.717) is 60.3 Å². The molecule has 13 nitrogen and oxygen atoms in total. The van der Waals surface area contributed by atoms with Crippen molar-refractivity contribution in [1.82, 2.24) is 4.90 Å². The Kier molecular flexibility index (Phi) is 16.2. The van der Waals surface area contributed by atoms with Gasteiger partial charge in [0.2, 0.25) is 18.9 Å². The Labute approximate surface area is 391 Å². The zero-order chi connectivity index (χ0) is 45.2. The second-order valence-corrected chi connectivity index (χ2v) is 18.3. The van der Waals surface area contributed by atoms with E-state index in [2.05, 4.69) is 18.7 Å². The van der Waals surface area contributed by atoms with Crippen LogP contribution in [-0.2, 0) is 25.6 Å². The number of halogens is 1. The number of allylic oxidation sites excluding steroid dienone is 1. The Balaban J connectivity index is 1.32. The van der Waals surface area contributed by atoms with Crippen LogP contribution in [0.25, 0.3) is 0 Å². The number of carbonyl (C=O) groups excluding carboxylic acids is 1. The summed E-state index contributed by atoms with van der Waals surface area (Å²) < 4.78 is 44.5. The number of unbranched alkanes of at least 4 members (excludes halogenated alkanes) is 2. The van der Waals surface area contributed by atoms with Crippen molar-refractivity contribution in [2.24, 2.45) is 22.9 Å². The molecule has 3 heterocycles. The first-order valence-electron chi connectivity index (χ1n) is 22.9. The van der Waals surface area contributed by atoms with Gasteiger partial charge in [0, 0.05) is 49.0 Å². The molecule has 1 unspecified atom stereocenters. The van der Waals surface area contributed by atoms with Crippen LogP contribution in [0.3, 0.4) is 0 Å². The number of fused-ring (bicyclic) bond motifs is 3. The molecule has 0 bridgehead atoms. The van der Waals surface area contributed by atoms with Crippen LogP contribution in [-0.4, -0.2) is 97.0 Å². The minimum Gasteiger partial charge on any atom is -0.459 e. The molecule has 2 fully saturated rings. The molecule has 3 aromatic carbocycles. The summed E-state index contributed by atoms with van der Waals surface area (Å²) in [5.74, 6) is 1.05. The van der Waals surface area contributed by atoms with Crippen molar-refractivity contribution in [2.45, 2.75) is 99.7 Å². The third kappa shape index (κ3) is 10.6. The van der Waals surface area contributed by atoms with Crippen molar-refractivity contribution in [2.75, 3.05) is 52.0 Å². The van der Waals surface area contributed by atoms with E-state index in [9.17, 15) is 15.0 Å². The number of thioether (sulfide) groups is 1. The molecule has 7 atom stereocenters. The molecule has 5 aliphatic rings. The predicted molar refractivity (Wildman–Crippen MR) is 248 cm³/mol. The number of amides is 1. The number of aliphatic hydroxyl groups is 2. The molecule has 0 aromatic heterocycles. The van der Waals surface area contributed by atoms with Crippen LogP contribution in [0, 0.1) is 17.8 Å². The Hall–Kier alpha value is -4.44. The van der Waals surface area contributed by atoms with Crippen LogP contribution in [0.15, 0.2) is 95.0 Å². The average Bonchev–Trinajstić information content (AvgIpc) is 3.81. The molecule has 350 valence electrons. The third-order valence-corrected chi connectivity index (χ3v) is 14.0. The van der Waals surface area contributed by atoms with E-state index in [-0.39, 0.29) is 69.8 Å². The lowest BCUT2D eigenvalue weighted by atomic mass is 9.55. The Bertz CT molecular complexity index is 2150. The van der Waals surface area contributed by atoms with Gasteiger partial charge in [-0.1, -0.05) is 36.2 Å². The van der Waals surface area contributed by atoms with Crippen LogP contribution in [0.1, 0.15) is 81.3 Å². The van der Waals surface area contributed by atoms with E-state index in [1.807, 2.05) is 60.9 Å². The Morgan fingerprint density at radius 1 is 0.985 bits per heavy atom. The highest BCUT2D eigenvalue weighted by molar-refractivity contribution is 7.98. The number of carbonyl (C=O) groups is 1. The fraction of sp³-hybridized carbons (Fsp3) is 0.520. The van der Waals surface area contributed by atoms with E-state index in [1.54, 1.807) is 22.7 Å². The van der Waals surface area contributed by atoms with Crippen LogP contribution < -0.4 is 18.9 Å². The summed E-state index contributed by atoms with van der Waals surface area (Å²) in [5, 5.41) is 25.0. The normalized spacial score (nSPS) is 25.7. The summed E-state index contributed by atoms with van der Waals surface area (Å²) in [5.41, 5.74) is 3.30. The number of rotatable bonds is 21. The molecule has 0 radical (unpaired) electrons. The number of oxime groups is 1. The molecule has 8 rings (SSSR count). The van der Waals surface area contributed by atoms with E-state index in [1.165, 1.54) is 0 Å². The molecular formula is C50H61ClN2O11S. The van der Waals surface area contributed by atoms with E-state index >= 15 is 0 Å². The lowest BCUT2D eigenvalue weighted by Gasteiger charge is -2.59. The van der Waals surface area contributed by atoms with E-state index in [4.69, 9.17) is 54.8 Å². The van der Waals surface area contributed by atoms with Crippen LogP contribution in [0.4, 0.5) is 4.79 Å². The summed E-state index contributed by atoms with van der Waals surface area (Å²) in [4.78, 5) is 23.8. The summed E-state index contributed by atoms with van der Waals surface area (Å²) in [6.45, 7) is 5.12. The van der Waals surface area contributed by atoms with Gasteiger partial charge in [0.1, 0.15) is 29.9 Å². The van der Waals surface area contributed by atoms with E-state index < -0.39 is 30.1 Å². The fourth-order valence-corrected chi connectivity index (χ4v) is 10.6. The van der Waals surface area contributed by atoms with E-state index in [0.717, 1.165) is 60.1 Å². The fourth-order valence-electron chi connectivity index (χ4n) is 10.2. The molecule has 1 saturated heterocycles. The third-order valence-electron chi connectivity index (χ3n) is 13.1. The monoisotopic (exact) mass is 932 g/mol. The van der Waals surface area contributed by atoms with Crippen molar-refractivity contribution >= 4 is 35.2 Å².